The molecule has 0 unspecified atom stereocenters. The van der Waals surface area contributed by atoms with Crippen molar-refractivity contribution < 1.29 is 18.6 Å². The van der Waals surface area contributed by atoms with Gasteiger partial charge in [-0.15, -0.1) is 0 Å². The fourth-order valence-corrected chi connectivity index (χ4v) is 4.71. The van der Waals surface area contributed by atoms with Gasteiger partial charge in [-0.2, -0.15) is 0 Å². The van der Waals surface area contributed by atoms with Crippen LogP contribution in [0, 0.1) is 5.82 Å². The molecule has 0 amide bonds. The summed E-state index contributed by atoms with van der Waals surface area (Å²) < 4.78 is 32.1. The third kappa shape index (κ3) is 3.72. The summed E-state index contributed by atoms with van der Waals surface area (Å²) in [5, 5.41) is 0.981. The number of hydrogen-bond acceptors (Lipinski definition) is 6. The molecule has 1 aromatic heterocycles. The molecule has 3 aromatic carbocycles. The highest BCUT2D eigenvalue weighted by molar-refractivity contribution is 7.98. The Morgan fingerprint density at radius 3 is 2.84 bits per heavy atom. The van der Waals surface area contributed by atoms with E-state index in [1.807, 2.05) is 30.3 Å². The van der Waals surface area contributed by atoms with E-state index in [0.717, 1.165) is 0 Å². The first-order chi connectivity index (χ1) is 15.7. The lowest BCUT2D eigenvalue weighted by Gasteiger charge is -2.21. The number of hydrogen-bond donors (Lipinski definition) is 0. The van der Waals surface area contributed by atoms with E-state index >= 15 is 0 Å². The number of benzene rings is 3. The summed E-state index contributed by atoms with van der Waals surface area (Å²) in [5.41, 5.74) is 2.33. The number of thioether (sulfide) groups is 1. The van der Waals surface area contributed by atoms with Gasteiger partial charge in [0.15, 0.2) is 11.9 Å². The first-order valence-corrected chi connectivity index (χ1v) is 10.9. The Kier molecular flexibility index (Phi) is 5.55. The molecule has 6 nitrogen and oxygen atoms in total. The zero-order valence-corrected chi connectivity index (χ0v) is 18.0. The van der Waals surface area contributed by atoms with Gasteiger partial charge in [0.25, 0.3) is 5.56 Å². The SMILES string of the molecule is COc1ccccc1-n1c(SCc2cc(F)cc3c2OCOC3)nc2ccccc2c1=O. The van der Waals surface area contributed by atoms with Gasteiger partial charge in [0.1, 0.15) is 17.3 Å². The average molecular weight is 450 g/mol. The highest BCUT2D eigenvalue weighted by atomic mass is 32.2. The largest absolute Gasteiger partial charge is 0.495 e. The third-order valence-corrected chi connectivity index (χ3v) is 6.17. The normalized spacial score (nSPS) is 12.9. The quantitative estimate of drug-likeness (QED) is 0.325. The lowest BCUT2D eigenvalue weighted by molar-refractivity contribution is -0.0171. The molecule has 8 heteroatoms. The molecule has 1 aliphatic heterocycles. The van der Waals surface area contributed by atoms with Crippen LogP contribution in [0.2, 0.25) is 0 Å². The lowest BCUT2D eigenvalue weighted by atomic mass is 10.1. The van der Waals surface area contributed by atoms with Crippen LogP contribution in [0.25, 0.3) is 16.6 Å². The Morgan fingerprint density at radius 2 is 1.97 bits per heavy atom. The molecule has 0 saturated heterocycles. The van der Waals surface area contributed by atoms with Gasteiger partial charge in [-0.1, -0.05) is 36.0 Å². The summed E-state index contributed by atoms with van der Waals surface area (Å²) in [6, 6.07) is 17.4. The number of rotatable bonds is 5. The zero-order valence-electron chi connectivity index (χ0n) is 17.2. The molecule has 1 aliphatic rings. The van der Waals surface area contributed by atoms with E-state index in [9.17, 15) is 9.18 Å². The van der Waals surface area contributed by atoms with E-state index in [2.05, 4.69) is 0 Å². The minimum atomic E-state index is -0.359. The summed E-state index contributed by atoms with van der Waals surface area (Å²) in [4.78, 5) is 18.2. The summed E-state index contributed by atoms with van der Waals surface area (Å²) in [6.07, 6.45) is 0. The van der Waals surface area contributed by atoms with Gasteiger partial charge in [-0.25, -0.2) is 9.37 Å². The van der Waals surface area contributed by atoms with Crippen molar-refractivity contribution in [2.75, 3.05) is 13.9 Å². The molecule has 162 valence electrons. The molecule has 0 bridgehead atoms. The van der Waals surface area contributed by atoms with Gasteiger partial charge in [-0.05, 0) is 36.4 Å². The number of fused-ring (bicyclic) bond motifs is 2. The molecule has 0 saturated carbocycles. The molecule has 0 N–H and O–H groups in total. The van der Waals surface area contributed by atoms with Crippen molar-refractivity contribution in [3.8, 4) is 17.2 Å². The van der Waals surface area contributed by atoms with Gasteiger partial charge in [-0.3, -0.25) is 9.36 Å². The molecule has 0 aliphatic carbocycles. The van der Waals surface area contributed by atoms with E-state index in [1.54, 1.807) is 29.9 Å². The maximum Gasteiger partial charge on any atom is 0.266 e. The van der Waals surface area contributed by atoms with Crippen molar-refractivity contribution in [2.45, 2.75) is 17.5 Å². The van der Waals surface area contributed by atoms with Gasteiger partial charge in [0.05, 0.1) is 30.3 Å². The lowest BCUT2D eigenvalue weighted by Crippen LogP contribution is -2.22. The summed E-state index contributed by atoms with van der Waals surface area (Å²) in [6.45, 7) is 0.418. The summed E-state index contributed by atoms with van der Waals surface area (Å²) >= 11 is 1.33. The Bertz CT molecular complexity index is 1370. The van der Waals surface area contributed by atoms with Crippen LogP contribution in [0.1, 0.15) is 11.1 Å². The van der Waals surface area contributed by atoms with E-state index < -0.39 is 0 Å². The van der Waals surface area contributed by atoms with Crippen molar-refractivity contribution >= 4 is 22.7 Å². The fraction of sp³-hybridized carbons (Fsp3) is 0.167. The molecule has 0 atom stereocenters. The minimum absolute atomic E-state index is 0.121. The van der Waals surface area contributed by atoms with Crippen LogP contribution in [-0.2, 0) is 17.1 Å². The third-order valence-electron chi connectivity index (χ3n) is 5.18. The van der Waals surface area contributed by atoms with Crippen molar-refractivity contribution in [1.29, 1.82) is 0 Å². The maximum absolute atomic E-state index is 14.2. The van der Waals surface area contributed by atoms with Gasteiger partial charge in [0.2, 0.25) is 0 Å². The second-order valence-electron chi connectivity index (χ2n) is 7.18. The van der Waals surface area contributed by atoms with Crippen LogP contribution in [0.4, 0.5) is 4.39 Å². The number of methoxy groups -OCH3 is 1. The van der Waals surface area contributed by atoms with Crippen LogP contribution in [-0.4, -0.2) is 23.5 Å². The first-order valence-electron chi connectivity index (χ1n) is 9.95. The second-order valence-corrected chi connectivity index (χ2v) is 8.12. The smallest absolute Gasteiger partial charge is 0.266 e. The monoisotopic (exact) mass is 450 g/mol. The predicted octanol–water partition coefficient (Wildman–Crippen LogP) is 4.69. The van der Waals surface area contributed by atoms with Crippen LogP contribution in [0.15, 0.2) is 70.6 Å². The minimum Gasteiger partial charge on any atom is -0.495 e. The highest BCUT2D eigenvalue weighted by Crippen LogP contribution is 2.35. The van der Waals surface area contributed by atoms with Crippen molar-refractivity contribution in [2.24, 2.45) is 0 Å². The number of ether oxygens (including phenoxy) is 3. The van der Waals surface area contributed by atoms with Crippen molar-refractivity contribution in [3.63, 3.8) is 0 Å². The molecule has 32 heavy (non-hydrogen) atoms. The molecular weight excluding hydrogens is 431 g/mol. The molecule has 4 aromatic rings. The van der Waals surface area contributed by atoms with Gasteiger partial charge < -0.3 is 14.2 Å². The second kappa shape index (κ2) is 8.64. The molecule has 0 radical (unpaired) electrons. The van der Waals surface area contributed by atoms with Gasteiger partial charge in [0, 0.05) is 16.9 Å². The first kappa shape index (κ1) is 20.5. The molecule has 0 spiro atoms. The number of halogens is 1. The topological polar surface area (TPSA) is 62.6 Å². The number of para-hydroxylation sites is 3. The molecule has 2 heterocycles. The Labute approximate surface area is 187 Å². The van der Waals surface area contributed by atoms with E-state index in [4.69, 9.17) is 19.2 Å². The number of nitrogens with zero attached hydrogens (tertiary/aromatic N) is 2. The van der Waals surface area contributed by atoms with Crippen LogP contribution in [0.5, 0.6) is 11.5 Å². The fourth-order valence-electron chi connectivity index (χ4n) is 3.74. The van der Waals surface area contributed by atoms with Crippen molar-refractivity contribution in [1.82, 2.24) is 9.55 Å². The van der Waals surface area contributed by atoms with Crippen LogP contribution >= 0.6 is 11.8 Å². The summed E-state index contributed by atoms with van der Waals surface area (Å²) in [5.74, 6) is 1.18. The molecule has 5 rings (SSSR count). The zero-order chi connectivity index (χ0) is 22.1. The number of aromatic nitrogens is 2. The van der Waals surface area contributed by atoms with Crippen molar-refractivity contribution in [3.05, 3.63) is 88.0 Å². The Morgan fingerprint density at radius 1 is 1.16 bits per heavy atom. The Hall–Kier alpha value is -3.36. The predicted molar refractivity (Wildman–Crippen MR) is 120 cm³/mol. The van der Waals surface area contributed by atoms with Crippen LogP contribution < -0.4 is 15.0 Å². The standard InChI is InChI=1S/C24H19FN2O4S/c1-29-21-9-5-4-8-20(21)27-23(28)18-6-2-3-7-19(18)26-24(27)32-13-16-11-17(25)10-15-12-30-14-31-22(15)16/h2-11H,12-14H2,1H3. The molecular formula is C24H19FN2O4S. The van der Waals surface area contributed by atoms with Gasteiger partial charge >= 0.3 is 0 Å². The maximum atomic E-state index is 14.2. The highest BCUT2D eigenvalue weighted by Gasteiger charge is 2.20. The molecule has 0 fully saturated rings. The van der Waals surface area contributed by atoms with E-state index in [1.165, 1.54) is 23.9 Å². The average Bonchev–Trinajstić information content (AvgIpc) is 2.82. The Balaban J connectivity index is 1.63. The van der Waals surface area contributed by atoms with Crippen LogP contribution in [0.3, 0.4) is 0 Å². The van der Waals surface area contributed by atoms with E-state index in [-0.39, 0.29) is 18.2 Å². The summed E-state index contributed by atoms with van der Waals surface area (Å²) in [7, 11) is 1.56. The van der Waals surface area contributed by atoms with E-state index in [0.29, 0.717) is 56.7 Å².